The predicted octanol–water partition coefficient (Wildman–Crippen LogP) is 4.57. The van der Waals surface area contributed by atoms with Crippen LogP contribution in [-0.4, -0.2) is 4.92 Å². The zero-order valence-electron chi connectivity index (χ0n) is 9.84. The summed E-state index contributed by atoms with van der Waals surface area (Å²) in [5, 5.41) is 20.5. The minimum Gasteiger partial charge on any atom is -0.449 e. The van der Waals surface area contributed by atoms with Gasteiger partial charge in [-0.25, -0.2) is 0 Å². The quantitative estimate of drug-likeness (QED) is 0.615. The first-order valence-electron chi connectivity index (χ1n) is 5.32. The Morgan fingerprint density at radius 1 is 1.10 bits per heavy atom. The molecule has 0 heterocycles. The summed E-state index contributed by atoms with van der Waals surface area (Å²) >= 11 is 11.5. The van der Waals surface area contributed by atoms with Gasteiger partial charge in [-0.05, 0) is 24.3 Å². The molecule has 2 aromatic carbocycles. The largest absolute Gasteiger partial charge is 0.449 e. The Bertz CT molecular complexity index is 726. The summed E-state index contributed by atoms with van der Waals surface area (Å²) in [5.41, 5.74) is -0.0694. The molecule has 0 saturated carbocycles. The van der Waals surface area contributed by atoms with Crippen molar-refractivity contribution in [2.45, 2.75) is 0 Å². The van der Waals surface area contributed by atoms with E-state index in [4.69, 9.17) is 33.2 Å². The van der Waals surface area contributed by atoms with E-state index in [0.29, 0.717) is 5.02 Å². The van der Waals surface area contributed by atoms with Crippen LogP contribution in [0.25, 0.3) is 0 Å². The molecule has 0 aliphatic rings. The van der Waals surface area contributed by atoms with E-state index in [1.54, 1.807) is 0 Å². The Morgan fingerprint density at radius 2 is 1.75 bits per heavy atom. The molecule has 2 rings (SSSR count). The second-order valence-electron chi connectivity index (χ2n) is 3.72. The summed E-state index contributed by atoms with van der Waals surface area (Å²) in [6, 6.07) is 10.3. The van der Waals surface area contributed by atoms with Crippen molar-refractivity contribution in [2.75, 3.05) is 0 Å². The Morgan fingerprint density at radius 3 is 2.40 bits per heavy atom. The zero-order chi connectivity index (χ0) is 14.7. The Kier molecular flexibility index (Phi) is 4.08. The van der Waals surface area contributed by atoms with E-state index in [9.17, 15) is 10.1 Å². The average molecular weight is 309 g/mol. The molecule has 0 saturated heterocycles. The molecule has 0 radical (unpaired) electrons. The number of benzene rings is 2. The van der Waals surface area contributed by atoms with Crippen LogP contribution in [0.4, 0.5) is 5.69 Å². The second-order valence-corrected chi connectivity index (χ2v) is 4.60. The van der Waals surface area contributed by atoms with Crippen LogP contribution in [0.3, 0.4) is 0 Å². The van der Waals surface area contributed by atoms with Crippen LogP contribution in [0, 0.1) is 21.4 Å². The smallest absolute Gasteiger partial charge is 0.313 e. The van der Waals surface area contributed by atoms with Gasteiger partial charge in [0.1, 0.15) is 11.8 Å². The van der Waals surface area contributed by atoms with Crippen molar-refractivity contribution in [1.29, 1.82) is 5.26 Å². The van der Waals surface area contributed by atoms with Gasteiger partial charge in [-0.3, -0.25) is 10.1 Å². The third-order valence-electron chi connectivity index (χ3n) is 2.40. The van der Waals surface area contributed by atoms with Crippen molar-refractivity contribution in [3.8, 4) is 17.6 Å². The van der Waals surface area contributed by atoms with Crippen LogP contribution >= 0.6 is 23.2 Å². The van der Waals surface area contributed by atoms with Crippen molar-refractivity contribution in [3.05, 3.63) is 62.1 Å². The first-order valence-corrected chi connectivity index (χ1v) is 6.08. The highest BCUT2D eigenvalue weighted by Gasteiger charge is 2.17. The summed E-state index contributed by atoms with van der Waals surface area (Å²) in [6.07, 6.45) is 0. The lowest BCUT2D eigenvalue weighted by Gasteiger charge is -2.08. The van der Waals surface area contributed by atoms with E-state index in [2.05, 4.69) is 0 Å². The highest BCUT2D eigenvalue weighted by Crippen LogP contribution is 2.35. The summed E-state index contributed by atoms with van der Waals surface area (Å²) in [6.45, 7) is 0. The Balaban J connectivity index is 2.48. The average Bonchev–Trinajstić information content (AvgIpc) is 2.41. The molecule has 0 N–H and O–H groups in total. The molecule has 0 aliphatic carbocycles. The molecule has 100 valence electrons. The van der Waals surface area contributed by atoms with E-state index in [0.717, 1.165) is 0 Å². The van der Waals surface area contributed by atoms with E-state index >= 15 is 0 Å². The maximum absolute atomic E-state index is 11.0. The number of nitro groups is 1. The van der Waals surface area contributed by atoms with E-state index in [1.165, 1.54) is 36.4 Å². The third-order valence-corrected chi connectivity index (χ3v) is 2.87. The third kappa shape index (κ3) is 2.99. The van der Waals surface area contributed by atoms with Gasteiger partial charge in [0.15, 0.2) is 0 Å². The fourth-order valence-corrected chi connectivity index (χ4v) is 1.84. The number of nitrogens with zero attached hydrogens (tertiary/aromatic N) is 2. The highest BCUT2D eigenvalue weighted by atomic mass is 35.5. The number of nitro benzene ring substituents is 1. The van der Waals surface area contributed by atoms with Crippen molar-refractivity contribution >= 4 is 28.9 Å². The topological polar surface area (TPSA) is 76.2 Å². The molecule has 0 atom stereocenters. The number of ether oxygens (including phenoxy) is 1. The summed E-state index contributed by atoms with van der Waals surface area (Å²) in [7, 11) is 0. The number of halogens is 2. The minimum atomic E-state index is -0.613. The van der Waals surface area contributed by atoms with Crippen LogP contribution in [-0.2, 0) is 0 Å². The molecule has 2 aromatic rings. The van der Waals surface area contributed by atoms with Gasteiger partial charge >= 0.3 is 5.69 Å². The number of hydrogen-bond acceptors (Lipinski definition) is 4. The van der Waals surface area contributed by atoms with Crippen molar-refractivity contribution in [1.82, 2.24) is 0 Å². The normalized spacial score (nSPS) is 9.85. The van der Waals surface area contributed by atoms with Gasteiger partial charge in [0.2, 0.25) is 5.75 Å². The molecule has 0 amide bonds. The number of nitriles is 1. The van der Waals surface area contributed by atoms with Crippen molar-refractivity contribution < 1.29 is 9.66 Å². The first kappa shape index (κ1) is 14.1. The number of hydrogen-bond donors (Lipinski definition) is 0. The van der Waals surface area contributed by atoms with Gasteiger partial charge in [-0.15, -0.1) is 0 Å². The molecule has 5 nitrogen and oxygen atoms in total. The molecular weight excluding hydrogens is 303 g/mol. The van der Waals surface area contributed by atoms with Gasteiger partial charge in [0.25, 0.3) is 0 Å². The van der Waals surface area contributed by atoms with Gasteiger partial charge in [0, 0.05) is 22.2 Å². The lowest BCUT2D eigenvalue weighted by Crippen LogP contribution is -1.95. The molecule has 0 spiro atoms. The SMILES string of the molecule is N#Cc1ccc(Cl)cc1Oc1ccc(Cl)cc1[N+](=O)[O-]. The predicted molar refractivity (Wildman–Crippen MR) is 74.3 cm³/mol. The molecule has 0 unspecified atom stereocenters. The summed E-state index contributed by atoms with van der Waals surface area (Å²) < 4.78 is 5.42. The molecule has 7 heteroatoms. The highest BCUT2D eigenvalue weighted by molar-refractivity contribution is 6.31. The van der Waals surface area contributed by atoms with Crippen LogP contribution < -0.4 is 4.74 Å². The maximum Gasteiger partial charge on any atom is 0.313 e. The van der Waals surface area contributed by atoms with Crippen molar-refractivity contribution in [2.24, 2.45) is 0 Å². The molecular formula is C13H6Cl2N2O3. The van der Waals surface area contributed by atoms with Crippen molar-refractivity contribution in [3.63, 3.8) is 0 Å². The Hall–Kier alpha value is -2.29. The van der Waals surface area contributed by atoms with Crippen LogP contribution in [0.5, 0.6) is 11.5 Å². The van der Waals surface area contributed by atoms with E-state index in [1.807, 2.05) is 6.07 Å². The molecule has 0 bridgehead atoms. The van der Waals surface area contributed by atoms with E-state index in [-0.39, 0.29) is 27.8 Å². The van der Waals surface area contributed by atoms with Crippen LogP contribution in [0.2, 0.25) is 10.0 Å². The van der Waals surface area contributed by atoms with E-state index < -0.39 is 4.92 Å². The maximum atomic E-state index is 11.0. The number of rotatable bonds is 3. The molecule has 0 aromatic heterocycles. The summed E-state index contributed by atoms with van der Waals surface area (Å²) in [5.74, 6) is 0.128. The molecule has 0 aliphatic heterocycles. The molecule has 20 heavy (non-hydrogen) atoms. The van der Waals surface area contributed by atoms with Crippen LogP contribution in [0.1, 0.15) is 5.56 Å². The molecule has 0 fully saturated rings. The minimum absolute atomic E-state index is 0.0156. The fraction of sp³-hybridized carbons (Fsp3) is 0. The first-order chi connectivity index (χ1) is 9.51. The lowest BCUT2D eigenvalue weighted by atomic mass is 10.2. The van der Waals surface area contributed by atoms with Crippen LogP contribution in [0.15, 0.2) is 36.4 Å². The van der Waals surface area contributed by atoms with Gasteiger partial charge in [-0.1, -0.05) is 23.2 Å². The van der Waals surface area contributed by atoms with Gasteiger partial charge in [-0.2, -0.15) is 5.26 Å². The fourth-order valence-electron chi connectivity index (χ4n) is 1.51. The Labute approximate surface area is 124 Å². The monoisotopic (exact) mass is 308 g/mol. The standard InChI is InChI=1S/C13H6Cl2N2O3/c14-9-3-4-12(11(5-9)17(18)19)20-13-6-10(15)2-1-8(13)7-16/h1-6H. The zero-order valence-corrected chi connectivity index (χ0v) is 11.4. The summed E-state index contributed by atoms with van der Waals surface area (Å²) in [4.78, 5) is 10.3. The lowest BCUT2D eigenvalue weighted by molar-refractivity contribution is -0.385. The van der Waals surface area contributed by atoms with Gasteiger partial charge in [0.05, 0.1) is 10.5 Å². The van der Waals surface area contributed by atoms with Gasteiger partial charge < -0.3 is 4.74 Å². The second kappa shape index (κ2) is 5.78.